The van der Waals surface area contributed by atoms with Crippen LogP contribution in [0.3, 0.4) is 0 Å². The average molecular weight is 775 g/mol. The minimum absolute atomic E-state index is 0.0213. The highest BCUT2D eigenvalue weighted by molar-refractivity contribution is 6.35. The molecule has 10 nitrogen and oxygen atoms in total. The molecule has 5 heterocycles. The smallest absolute Gasteiger partial charge is 0.338 e. The van der Waals surface area contributed by atoms with Crippen LogP contribution in [0.4, 0.5) is 0 Å². The van der Waals surface area contributed by atoms with Gasteiger partial charge >= 0.3 is 5.97 Å². The van der Waals surface area contributed by atoms with Crippen molar-refractivity contribution in [1.29, 1.82) is 0 Å². The fourth-order valence-corrected chi connectivity index (χ4v) is 9.51. The second-order valence-corrected chi connectivity index (χ2v) is 15.6. The van der Waals surface area contributed by atoms with Crippen molar-refractivity contribution in [3.8, 4) is 11.5 Å². The zero-order chi connectivity index (χ0) is 38.0. The summed E-state index contributed by atoms with van der Waals surface area (Å²) in [7, 11) is 3.07. The van der Waals surface area contributed by atoms with Crippen molar-refractivity contribution in [1.82, 2.24) is 9.80 Å². The summed E-state index contributed by atoms with van der Waals surface area (Å²) in [4.78, 5) is 32.0. The molecule has 0 spiro atoms. The van der Waals surface area contributed by atoms with Gasteiger partial charge < -0.3 is 29.0 Å². The van der Waals surface area contributed by atoms with Crippen molar-refractivity contribution >= 4 is 35.1 Å². The fourth-order valence-electron chi connectivity index (χ4n) is 8.91. The Balaban J connectivity index is 1.16. The number of methoxy groups -OCH3 is 2. The summed E-state index contributed by atoms with van der Waals surface area (Å²) in [6, 6.07) is 22.3. The van der Waals surface area contributed by atoms with Crippen molar-refractivity contribution in [2.75, 3.05) is 40.4 Å². The number of carboxylic acid groups (broad SMARTS) is 1. The van der Waals surface area contributed by atoms with Crippen LogP contribution in [0.15, 0.2) is 85.2 Å². The zero-order valence-electron chi connectivity index (χ0n) is 30.5. The third kappa shape index (κ3) is 7.75. The number of halogens is 2. The van der Waals surface area contributed by atoms with E-state index >= 15 is 0 Å². The summed E-state index contributed by atoms with van der Waals surface area (Å²) in [6.07, 6.45) is 5.10. The molecule has 2 bridgehead atoms. The molecule has 4 aliphatic rings. The van der Waals surface area contributed by atoms with Crippen LogP contribution in [0.2, 0.25) is 10.0 Å². The first kappa shape index (κ1) is 37.9. The van der Waals surface area contributed by atoms with E-state index in [2.05, 4.69) is 9.80 Å². The number of carbonyl (C=O) groups excluding carboxylic acids is 2. The summed E-state index contributed by atoms with van der Waals surface area (Å²) in [6.45, 7) is 4.29. The standard InChI is InChI=1S/C42H45Cl2N3O7/c1-52-37-12-11-29(20-39(37)53-2)38(21-32-34(43)25-47(51)26-35(32)44)54-40(48)30-8-6-7-27(19-30)23-46-18-15-42(41(49)50,31-9-4-3-5-10-31)22-36(46)33-24-45-16-13-28(33)14-17-45/h3-12,19-20,25-26,28,33,36,38H,13-18,21-24H2,1-2H3,(H-,49,50,51)/t33-,36?,38-,42?/m0/s1. The molecule has 4 aromatic rings. The molecule has 1 aromatic heterocycles. The number of esters is 1. The number of ether oxygens (including phenoxy) is 3. The number of carbonyl (C=O) groups is 2. The summed E-state index contributed by atoms with van der Waals surface area (Å²) >= 11 is 13.0. The Bertz CT molecular complexity index is 1970. The molecule has 0 radical (unpaired) electrons. The first-order chi connectivity index (χ1) is 26.1. The highest BCUT2D eigenvalue weighted by atomic mass is 35.5. The minimum Gasteiger partial charge on any atom is -0.549 e. The highest BCUT2D eigenvalue weighted by Crippen LogP contribution is 2.45. The number of likely N-dealkylation sites (tertiary alicyclic amines) is 1. The molecular formula is C42H45Cl2N3O7. The second-order valence-electron chi connectivity index (χ2n) is 14.8. The van der Waals surface area contributed by atoms with E-state index in [0.717, 1.165) is 48.3 Å². The number of carboxylic acids is 1. The van der Waals surface area contributed by atoms with E-state index in [1.807, 2.05) is 48.5 Å². The van der Waals surface area contributed by atoms with Gasteiger partial charge in [0.1, 0.15) is 16.1 Å². The Morgan fingerprint density at radius 2 is 1.67 bits per heavy atom. The van der Waals surface area contributed by atoms with E-state index in [9.17, 15) is 19.9 Å². The summed E-state index contributed by atoms with van der Waals surface area (Å²) in [5, 5.41) is 23.4. The highest BCUT2D eigenvalue weighted by Gasteiger charge is 2.48. The number of nitrogens with zero attached hydrogens (tertiary/aromatic N) is 3. The molecule has 2 unspecified atom stereocenters. The van der Waals surface area contributed by atoms with Gasteiger partial charge in [-0.25, -0.2) is 4.79 Å². The number of aliphatic carboxylic acids is 1. The molecular weight excluding hydrogens is 729 g/mol. The van der Waals surface area contributed by atoms with E-state index in [0.29, 0.717) is 66.0 Å². The van der Waals surface area contributed by atoms with E-state index < -0.39 is 23.5 Å². The van der Waals surface area contributed by atoms with Gasteiger partial charge in [0.25, 0.3) is 0 Å². The summed E-state index contributed by atoms with van der Waals surface area (Å²) in [5.74, 6) is 0.311. The van der Waals surface area contributed by atoms with Crippen LogP contribution in [0.5, 0.6) is 11.5 Å². The third-order valence-corrected chi connectivity index (χ3v) is 12.5. The van der Waals surface area contributed by atoms with Gasteiger partial charge in [-0.05, 0) is 91.6 Å². The summed E-state index contributed by atoms with van der Waals surface area (Å²) < 4.78 is 18.0. The zero-order valence-corrected chi connectivity index (χ0v) is 32.0. The van der Waals surface area contributed by atoms with Gasteiger partial charge in [-0.2, -0.15) is 0 Å². The van der Waals surface area contributed by atoms with Crippen LogP contribution in [0.25, 0.3) is 0 Å². The molecule has 8 rings (SSSR count). The monoisotopic (exact) mass is 773 g/mol. The fraction of sp³-hybridized carbons (Fsp3) is 0.405. The lowest BCUT2D eigenvalue weighted by Gasteiger charge is -2.55. The molecule has 3 aromatic carbocycles. The van der Waals surface area contributed by atoms with Gasteiger partial charge in [0.2, 0.25) is 12.4 Å². The van der Waals surface area contributed by atoms with Crippen LogP contribution in [0, 0.1) is 11.8 Å². The number of benzene rings is 3. The number of pyridine rings is 1. The molecule has 1 N–H and O–H groups in total. The largest absolute Gasteiger partial charge is 0.549 e. The number of hydrogen-bond acceptors (Lipinski definition) is 9. The molecule has 4 saturated heterocycles. The van der Waals surface area contributed by atoms with E-state index in [1.165, 1.54) is 19.5 Å². The van der Waals surface area contributed by atoms with Gasteiger partial charge in [-0.15, -0.1) is 0 Å². The molecule has 54 heavy (non-hydrogen) atoms. The molecule has 284 valence electrons. The Morgan fingerprint density at radius 1 is 0.944 bits per heavy atom. The van der Waals surface area contributed by atoms with Crippen LogP contribution in [-0.2, 0) is 27.9 Å². The average Bonchev–Trinajstić information content (AvgIpc) is 3.19. The van der Waals surface area contributed by atoms with E-state index in [4.69, 9.17) is 37.4 Å². The number of hydrogen-bond donors (Lipinski definition) is 1. The van der Waals surface area contributed by atoms with Crippen molar-refractivity contribution in [2.45, 2.75) is 56.2 Å². The molecule has 0 amide bonds. The van der Waals surface area contributed by atoms with E-state index in [1.54, 1.807) is 31.4 Å². The Kier molecular flexibility index (Phi) is 11.4. The maximum absolute atomic E-state index is 14.0. The predicted octanol–water partition coefficient (Wildman–Crippen LogP) is 5.67. The van der Waals surface area contributed by atoms with Gasteiger partial charge in [0.15, 0.2) is 11.5 Å². The van der Waals surface area contributed by atoms with Crippen LogP contribution in [0.1, 0.15) is 64.4 Å². The first-order valence-corrected chi connectivity index (χ1v) is 19.2. The lowest BCUT2D eigenvalue weighted by Crippen LogP contribution is -2.62. The van der Waals surface area contributed by atoms with Crippen molar-refractivity contribution in [3.05, 3.63) is 123 Å². The number of rotatable bonds is 12. The molecule has 4 aliphatic heterocycles. The van der Waals surface area contributed by atoms with Crippen molar-refractivity contribution < 1.29 is 38.8 Å². The quantitative estimate of drug-likeness (QED) is 0.111. The maximum Gasteiger partial charge on any atom is 0.338 e. The Morgan fingerprint density at radius 3 is 2.31 bits per heavy atom. The number of piperidine rings is 4. The van der Waals surface area contributed by atoms with Gasteiger partial charge in [-0.3, -0.25) is 10.1 Å². The van der Waals surface area contributed by atoms with Crippen molar-refractivity contribution in [3.63, 3.8) is 0 Å². The lowest BCUT2D eigenvalue weighted by molar-refractivity contribution is -0.904. The normalized spacial score (nSPS) is 24.4. The lowest BCUT2D eigenvalue weighted by atomic mass is 9.64. The van der Waals surface area contributed by atoms with Gasteiger partial charge in [0.05, 0.1) is 25.8 Å². The third-order valence-electron chi connectivity index (χ3n) is 11.8. The molecule has 0 aliphatic carbocycles. The molecule has 12 heteroatoms. The maximum atomic E-state index is 14.0. The van der Waals surface area contributed by atoms with Crippen LogP contribution in [-0.4, -0.2) is 73.4 Å². The van der Waals surface area contributed by atoms with Crippen LogP contribution >= 0.6 is 23.2 Å². The SMILES string of the molecule is COc1ccc([C@H](Cc2c(Cl)c[n+](O)cc2Cl)OC(=O)c2cccc(CN3CCC(C(=O)[O-])(c4ccccc4)CC3[C@H]3CN4CCC3CC4)c2)cc1OC. The van der Waals surface area contributed by atoms with Crippen LogP contribution < -0.4 is 19.3 Å². The summed E-state index contributed by atoms with van der Waals surface area (Å²) in [5.41, 5.74) is 2.17. The first-order valence-electron chi connectivity index (χ1n) is 18.4. The Labute approximate surface area is 325 Å². The number of fused-ring (bicyclic) bond motifs is 3. The van der Waals surface area contributed by atoms with Gasteiger partial charge in [-0.1, -0.05) is 71.7 Å². The Hall–Kier alpha value is -4.35. The second kappa shape index (κ2) is 16.2. The molecule has 4 fully saturated rings. The molecule has 4 atom stereocenters. The minimum atomic E-state index is -1.07. The van der Waals surface area contributed by atoms with Crippen molar-refractivity contribution in [2.24, 2.45) is 11.8 Å². The molecule has 0 saturated carbocycles. The number of aromatic nitrogens is 1. The van der Waals surface area contributed by atoms with Gasteiger partial charge in [0, 0.05) is 47.8 Å². The van der Waals surface area contributed by atoms with E-state index in [-0.39, 0.29) is 22.5 Å². The topological polar surface area (TPSA) is 115 Å². The predicted molar refractivity (Wildman–Crippen MR) is 201 cm³/mol.